The van der Waals surface area contributed by atoms with E-state index in [0.717, 1.165) is 24.0 Å². The van der Waals surface area contributed by atoms with Gasteiger partial charge in [-0.2, -0.15) is 0 Å². The van der Waals surface area contributed by atoms with Gasteiger partial charge in [0.05, 0.1) is 6.10 Å². The fraction of sp³-hybridized carbons (Fsp3) is 0.600. The highest BCUT2D eigenvalue weighted by molar-refractivity contribution is 5.35. The third kappa shape index (κ3) is 2.29. The molecule has 19 heavy (non-hydrogen) atoms. The third-order valence-electron chi connectivity index (χ3n) is 4.53. The molecule has 0 amide bonds. The summed E-state index contributed by atoms with van der Waals surface area (Å²) in [4.78, 5) is 0. The molecule has 1 heterocycles. The topological polar surface area (TPSA) is 41.5 Å². The van der Waals surface area contributed by atoms with Gasteiger partial charge >= 0.3 is 0 Å². The summed E-state index contributed by atoms with van der Waals surface area (Å²) in [6, 6.07) is 5.38. The van der Waals surface area contributed by atoms with Crippen LogP contribution in [0.3, 0.4) is 0 Å². The van der Waals surface area contributed by atoms with Gasteiger partial charge in [-0.3, -0.25) is 0 Å². The number of nitrogens with one attached hydrogen (secondary N) is 1. The standard InChI is InChI=1S/C15H20FNO2/c1-10-15(18,7-8-19-10)9-17-14-6-5-11-12(14)3-2-4-13(11)16/h2-4,10,14,17-18H,5-9H2,1H3. The first-order valence-electron chi connectivity index (χ1n) is 6.95. The highest BCUT2D eigenvalue weighted by Crippen LogP contribution is 2.33. The Labute approximate surface area is 112 Å². The molecule has 4 heteroatoms. The van der Waals surface area contributed by atoms with Crippen molar-refractivity contribution in [1.29, 1.82) is 0 Å². The Morgan fingerprint density at radius 1 is 1.53 bits per heavy atom. The molecule has 0 spiro atoms. The lowest BCUT2D eigenvalue weighted by atomic mass is 9.96. The third-order valence-corrected chi connectivity index (χ3v) is 4.53. The predicted octanol–water partition coefficient (Wildman–Crippen LogP) is 1.94. The van der Waals surface area contributed by atoms with Crippen LogP contribution in [0.15, 0.2) is 18.2 Å². The minimum absolute atomic E-state index is 0.113. The Morgan fingerprint density at radius 2 is 2.37 bits per heavy atom. The second-order valence-electron chi connectivity index (χ2n) is 5.65. The first kappa shape index (κ1) is 13.0. The number of fused-ring (bicyclic) bond motifs is 1. The predicted molar refractivity (Wildman–Crippen MR) is 70.4 cm³/mol. The molecular formula is C15H20FNO2. The maximum absolute atomic E-state index is 13.6. The van der Waals surface area contributed by atoms with Gasteiger partial charge in [-0.15, -0.1) is 0 Å². The zero-order valence-corrected chi connectivity index (χ0v) is 11.2. The normalized spacial score (nSPS) is 33.6. The molecule has 1 aliphatic carbocycles. The van der Waals surface area contributed by atoms with Crippen molar-refractivity contribution in [3.63, 3.8) is 0 Å². The second kappa shape index (κ2) is 4.85. The van der Waals surface area contributed by atoms with E-state index in [0.29, 0.717) is 19.6 Å². The van der Waals surface area contributed by atoms with E-state index in [4.69, 9.17) is 4.74 Å². The van der Waals surface area contributed by atoms with Crippen LogP contribution in [-0.2, 0) is 11.2 Å². The van der Waals surface area contributed by atoms with Crippen molar-refractivity contribution >= 4 is 0 Å². The van der Waals surface area contributed by atoms with E-state index in [-0.39, 0.29) is 18.0 Å². The van der Waals surface area contributed by atoms with Crippen molar-refractivity contribution in [1.82, 2.24) is 5.32 Å². The maximum Gasteiger partial charge on any atom is 0.126 e. The van der Waals surface area contributed by atoms with Crippen LogP contribution in [0.25, 0.3) is 0 Å². The largest absolute Gasteiger partial charge is 0.386 e. The summed E-state index contributed by atoms with van der Waals surface area (Å²) in [5.74, 6) is -0.113. The molecule has 2 N–H and O–H groups in total. The Kier molecular flexibility index (Phi) is 3.33. The van der Waals surface area contributed by atoms with E-state index in [2.05, 4.69) is 5.32 Å². The summed E-state index contributed by atoms with van der Waals surface area (Å²) in [5, 5.41) is 13.8. The summed E-state index contributed by atoms with van der Waals surface area (Å²) in [6.45, 7) is 3.00. The van der Waals surface area contributed by atoms with Gasteiger partial charge in [-0.25, -0.2) is 4.39 Å². The van der Waals surface area contributed by atoms with Crippen LogP contribution in [0.5, 0.6) is 0 Å². The van der Waals surface area contributed by atoms with Crippen molar-refractivity contribution in [3.8, 4) is 0 Å². The average molecular weight is 265 g/mol. The minimum Gasteiger partial charge on any atom is -0.386 e. The summed E-state index contributed by atoms with van der Waals surface area (Å²) < 4.78 is 19.1. The van der Waals surface area contributed by atoms with Gasteiger partial charge in [-0.05, 0) is 37.0 Å². The smallest absolute Gasteiger partial charge is 0.126 e. The lowest BCUT2D eigenvalue weighted by Crippen LogP contribution is -2.46. The molecule has 1 aromatic carbocycles. The van der Waals surface area contributed by atoms with E-state index >= 15 is 0 Å². The first-order chi connectivity index (χ1) is 9.10. The number of ether oxygens (including phenoxy) is 1. The molecule has 3 unspecified atom stereocenters. The first-order valence-corrected chi connectivity index (χ1v) is 6.95. The molecule has 104 valence electrons. The molecule has 3 atom stereocenters. The number of halogens is 1. The number of benzene rings is 1. The Balaban J connectivity index is 1.69. The van der Waals surface area contributed by atoms with Gasteiger partial charge in [0.2, 0.25) is 0 Å². The van der Waals surface area contributed by atoms with Gasteiger partial charge in [-0.1, -0.05) is 12.1 Å². The Hall–Kier alpha value is -0.970. The van der Waals surface area contributed by atoms with Gasteiger partial charge in [0.25, 0.3) is 0 Å². The molecular weight excluding hydrogens is 245 g/mol. The molecule has 1 aliphatic heterocycles. The summed E-state index contributed by atoms with van der Waals surface area (Å²) in [6.07, 6.45) is 2.17. The van der Waals surface area contributed by atoms with E-state index in [1.54, 1.807) is 6.07 Å². The number of aliphatic hydroxyl groups is 1. The molecule has 1 saturated heterocycles. The molecule has 0 aromatic heterocycles. The SMILES string of the molecule is CC1OCCC1(O)CNC1CCc2c(F)cccc21. The van der Waals surface area contributed by atoms with Gasteiger partial charge in [0, 0.05) is 25.6 Å². The highest BCUT2D eigenvalue weighted by Gasteiger charge is 2.40. The van der Waals surface area contributed by atoms with E-state index in [1.165, 1.54) is 6.07 Å². The zero-order chi connectivity index (χ0) is 13.5. The van der Waals surface area contributed by atoms with Crippen LogP contribution in [0, 0.1) is 5.82 Å². The lowest BCUT2D eigenvalue weighted by molar-refractivity contribution is -0.0276. The zero-order valence-electron chi connectivity index (χ0n) is 11.2. The Bertz CT molecular complexity index is 479. The summed E-state index contributed by atoms with van der Waals surface area (Å²) in [5.41, 5.74) is 1.06. The van der Waals surface area contributed by atoms with Gasteiger partial charge in [0.1, 0.15) is 11.4 Å². The number of hydrogen-bond donors (Lipinski definition) is 2. The van der Waals surface area contributed by atoms with Crippen LogP contribution in [0.1, 0.15) is 36.9 Å². The lowest BCUT2D eigenvalue weighted by Gasteiger charge is -2.28. The fourth-order valence-corrected chi connectivity index (χ4v) is 3.12. The molecule has 1 aromatic rings. The van der Waals surface area contributed by atoms with Crippen molar-refractivity contribution in [2.75, 3.05) is 13.2 Å². The molecule has 0 saturated carbocycles. The molecule has 1 fully saturated rings. The molecule has 3 rings (SSSR count). The van der Waals surface area contributed by atoms with Gasteiger partial charge < -0.3 is 15.2 Å². The molecule has 0 bridgehead atoms. The fourth-order valence-electron chi connectivity index (χ4n) is 3.12. The monoisotopic (exact) mass is 265 g/mol. The van der Waals surface area contributed by atoms with Crippen molar-refractivity contribution in [2.45, 2.75) is 43.9 Å². The van der Waals surface area contributed by atoms with Crippen molar-refractivity contribution in [3.05, 3.63) is 35.1 Å². The van der Waals surface area contributed by atoms with Crippen molar-refractivity contribution < 1.29 is 14.2 Å². The van der Waals surface area contributed by atoms with Crippen LogP contribution in [-0.4, -0.2) is 30.0 Å². The summed E-state index contributed by atoms with van der Waals surface area (Å²) in [7, 11) is 0. The van der Waals surface area contributed by atoms with Crippen LogP contribution in [0.4, 0.5) is 4.39 Å². The number of hydrogen-bond acceptors (Lipinski definition) is 3. The molecule has 2 aliphatic rings. The molecule has 3 nitrogen and oxygen atoms in total. The highest BCUT2D eigenvalue weighted by atomic mass is 19.1. The minimum atomic E-state index is -0.796. The van der Waals surface area contributed by atoms with Crippen molar-refractivity contribution in [2.24, 2.45) is 0 Å². The number of rotatable bonds is 3. The van der Waals surface area contributed by atoms with Crippen LogP contribution in [0.2, 0.25) is 0 Å². The molecule has 0 radical (unpaired) electrons. The maximum atomic E-state index is 13.6. The quantitative estimate of drug-likeness (QED) is 0.877. The van der Waals surface area contributed by atoms with Gasteiger partial charge in [0.15, 0.2) is 0 Å². The second-order valence-corrected chi connectivity index (χ2v) is 5.65. The summed E-state index contributed by atoms with van der Waals surface area (Å²) >= 11 is 0. The Morgan fingerprint density at radius 3 is 3.11 bits per heavy atom. The van der Waals surface area contributed by atoms with E-state index in [1.807, 2.05) is 13.0 Å². The van der Waals surface area contributed by atoms with E-state index < -0.39 is 5.60 Å². The van der Waals surface area contributed by atoms with Crippen LogP contribution >= 0.6 is 0 Å². The van der Waals surface area contributed by atoms with E-state index in [9.17, 15) is 9.50 Å². The van der Waals surface area contributed by atoms with Crippen LogP contribution < -0.4 is 5.32 Å². The average Bonchev–Trinajstić information content (AvgIpc) is 2.94.